The fourth-order valence-corrected chi connectivity index (χ4v) is 1.62. The second kappa shape index (κ2) is 7.02. The number of nitrogens with two attached hydrogens (primary N) is 2. The third-order valence-electron chi connectivity index (χ3n) is 1.94. The number of halogens is 2. The molecular formula is C12H13Cl2N5O. The smallest absolute Gasteiger partial charge is 0.242 e. The number of Topliss-reactive ketones (excluding diaryl/α,β-unsaturated/α-hetero) is 1. The molecule has 20 heavy (non-hydrogen) atoms. The molecule has 0 fully saturated rings. The molecule has 2 rings (SSSR count). The van der Waals surface area contributed by atoms with Crippen LogP contribution in [0.5, 0.6) is 0 Å². The van der Waals surface area contributed by atoms with Crippen molar-refractivity contribution < 1.29 is 4.79 Å². The number of nitrogens with zero attached hydrogens (tertiary/aromatic N) is 3. The van der Waals surface area contributed by atoms with Gasteiger partial charge in [0, 0.05) is 5.56 Å². The molecule has 0 radical (unpaired) electrons. The molecule has 0 atom stereocenters. The van der Waals surface area contributed by atoms with Crippen molar-refractivity contribution in [3.8, 4) is 11.3 Å². The fraction of sp³-hybridized carbons (Fsp3) is 0.167. The first-order valence-electron chi connectivity index (χ1n) is 5.50. The van der Waals surface area contributed by atoms with E-state index in [2.05, 4.69) is 15.2 Å². The number of hydrogen-bond acceptors (Lipinski definition) is 6. The Kier molecular flexibility index (Phi) is 5.66. The maximum absolute atomic E-state index is 9.44. The van der Waals surface area contributed by atoms with Crippen molar-refractivity contribution in [3.63, 3.8) is 0 Å². The lowest BCUT2D eigenvalue weighted by atomic mass is 10.1. The highest BCUT2D eigenvalue weighted by atomic mass is 35.5. The number of ketones is 1. The predicted molar refractivity (Wildman–Crippen MR) is 80.5 cm³/mol. The number of carbonyl (C=O) groups excluding carboxylic acids is 1. The van der Waals surface area contributed by atoms with Crippen molar-refractivity contribution in [1.29, 1.82) is 0 Å². The van der Waals surface area contributed by atoms with Crippen LogP contribution < -0.4 is 11.5 Å². The number of anilines is 2. The Hall–Kier alpha value is -1.92. The lowest BCUT2D eigenvalue weighted by Crippen LogP contribution is -2.04. The molecule has 0 aliphatic heterocycles. The predicted octanol–water partition coefficient (Wildman–Crippen LogP) is 2.61. The van der Waals surface area contributed by atoms with Gasteiger partial charge in [-0.15, -0.1) is 10.2 Å². The Labute approximate surface area is 126 Å². The van der Waals surface area contributed by atoms with E-state index in [-0.39, 0.29) is 17.5 Å². The van der Waals surface area contributed by atoms with E-state index in [0.717, 1.165) is 0 Å². The van der Waals surface area contributed by atoms with Gasteiger partial charge in [-0.1, -0.05) is 35.3 Å². The molecule has 0 unspecified atom stereocenters. The van der Waals surface area contributed by atoms with E-state index in [9.17, 15) is 4.79 Å². The Morgan fingerprint density at radius 3 is 2.30 bits per heavy atom. The lowest BCUT2D eigenvalue weighted by molar-refractivity contribution is -0.114. The van der Waals surface area contributed by atoms with E-state index in [1.807, 2.05) is 0 Å². The van der Waals surface area contributed by atoms with Crippen molar-refractivity contribution in [3.05, 3.63) is 28.2 Å². The molecule has 0 bridgehead atoms. The van der Waals surface area contributed by atoms with Crippen LogP contribution in [0, 0.1) is 0 Å². The Morgan fingerprint density at radius 2 is 1.75 bits per heavy atom. The van der Waals surface area contributed by atoms with Gasteiger partial charge >= 0.3 is 0 Å². The van der Waals surface area contributed by atoms with Crippen molar-refractivity contribution in [2.24, 2.45) is 0 Å². The Bertz CT molecular complexity index is 629. The van der Waals surface area contributed by atoms with Crippen molar-refractivity contribution in [2.45, 2.75) is 13.8 Å². The van der Waals surface area contributed by atoms with Crippen LogP contribution in [0.2, 0.25) is 10.0 Å². The van der Waals surface area contributed by atoms with Crippen LogP contribution in [0.15, 0.2) is 18.2 Å². The first-order valence-corrected chi connectivity index (χ1v) is 6.25. The van der Waals surface area contributed by atoms with E-state index in [4.69, 9.17) is 34.7 Å². The number of carbonyl (C=O) groups is 1. The van der Waals surface area contributed by atoms with Crippen LogP contribution >= 0.6 is 23.2 Å². The van der Waals surface area contributed by atoms with Crippen LogP contribution in [0.25, 0.3) is 11.3 Å². The minimum absolute atomic E-state index is 0.0133. The molecule has 6 nitrogen and oxygen atoms in total. The second-order valence-electron chi connectivity index (χ2n) is 3.91. The lowest BCUT2D eigenvalue weighted by Gasteiger charge is -2.06. The van der Waals surface area contributed by atoms with Crippen LogP contribution in [-0.2, 0) is 4.79 Å². The Balaban J connectivity index is 0.000000444. The number of hydrogen-bond donors (Lipinski definition) is 2. The zero-order valence-electron chi connectivity index (χ0n) is 10.9. The van der Waals surface area contributed by atoms with Gasteiger partial charge < -0.3 is 16.3 Å². The molecule has 2 aromatic rings. The van der Waals surface area contributed by atoms with Gasteiger partial charge in [0.1, 0.15) is 11.5 Å². The summed E-state index contributed by atoms with van der Waals surface area (Å²) in [5.74, 6) is 0.344. The van der Waals surface area contributed by atoms with Crippen LogP contribution in [0.1, 0.15) is 13.8 Å². The molecule has 8 heteroatoms. The average molecular weight is 314 g/mol. The minimum atomic E-state index is 0.0133. The van der Waals surface area contributed by atoms with Crippen LogP contribution in [0.3, 0.4) is 0 Å². The summed E-state index contributed by atoms with van der Waals surface area (Å²) in [5.41, 5.74) is 12.0. The maximum Gasteiger partial charge on any atom is 0.242 e. The summed E-state index contributed by atoms with van der Waals surface area (Å²) in [5, 5.41) is 8.24. The molecule has 0 amide bonds. The number of rotatable bonds is 1. The van der Waals surface area contributed by atoms with E-state index < -0.39 is 0 Å². The topological polar surface area (TPSA) is 108 Å². The normalized spacial score (nSPS) is 9.60. The standard InChI is InChI=1S/C9H7Cl2N5.C3H6O/c10-5-3-1-2-4(6(5)11)7-8(12)14-9(13)16-15-7;1-3(2)4/h1-3H,(H4,12,13,14,16);1-2H3. The average Bonchev–Trinajstić information content (AvgIpc) is 2.33. The van der Waals surface area contributed by atoms with E-state index in [1.165, 1.54) is 13.8 Å². The van der Waals surface area contributed by atoms with Crippen molar-refractivity contribution in [2.75, 3.05) is 11.5 Å². The minimum Gasteiger partial charge on any atom is -0.382 e. The third-order valence-corrected chi connectivity index (χ3v) is 2.76. The highest BCUT2D eigenvalue weighted by Gasteiger charge is 2.12. The zero-order chi connectivity index (χ0) is 15.3. The summed E-state index contributed by atoms with van der Waals surface area (Å²) in [6.07, 6.45) is 0. The summed E-state index contributed by atoms with van der Waals surface area (Å²) >= 11 is 11.9. The molecule has 1 heterocycles. The van der Waals surface area contributed by atoms with Gasteiger partial charge in [0.05, 0.1) is 10.0 Å². The fourth-order valence-electron chi connectivity index (χ4n) is 1.23. The molecule has 4 N–H and O–H groups in total. The number of aromatic nitrogens is 3. The highest BCUT2D eigenvalue weighted by molar-refractivity contribution is 6.43. The molecule has 1 aromatic heterocycles. The summed E-state index contributed by atoms with van der Waals surface area (Å²) in [6, 6.07) is 5.13. The van der Waals surface area contributed by atoms with Gasteiger partial charge in [0.15, 0.2) is 5.82 Å². The molecule has 0 aliphatic carbocycles. The molecular weight excluding hydrogens is 301 g/mol. The summed E-state index contributed by atoms with van der Waals surface area (Å²) in [4.78, 5) is 13.2. The van der Waals surface area contributed by atoms with Crippen LogP contribution in [-0.4, -0.2) is 21.0 Å². The molecule has 0 saturated carbocycles. The summed E-state index contributed by atoms with van der Waals surface area (Å²) in [7, 11) is 0. The van der Waals surface area contributed by atoms with E-state index in [1.54, 1.807) is 18.2 Å². The SMILES string of the molecule is CC(C)=O.Nc1nnc(-c2cccc(Cl)c2Cl)c(N)n1. The molecule has 0 saturated heterocycles. The molecule has 0 aliphatic rings. The highest BCUT2D eigenvalue weighted by Crippen LogP contribution is 2.33. The summed E-state index contributed by atoms with van der Waals surface area (Å²) in [6.45, 7) is 3.06. The Morgan fingerprint density at radius 1 is 1.15 bits per heavy atom. The summed E-state index contributed by atoms with van der Waals surface area (Å²) < 4.78 is 0. The van der Waals surface area contributed by atoms with Gasteiger partial charge in [-0.25, -0.2) is 0 Å². The van der Waals surface area contributed by atoms with Gasteiger partial charge in [0.25, 0.3) is 0 Å². The third kappa shape index (κ3) is 4.32. The quantitative estimate of drug-likeness (QED) is 0.837. The monoisotopic (exact) mass is 313 g/mol. The maximum atomic E-state index is 9.44. The van der Waals surface area contributed by atoms with Gasteiger partial charge in [-0.05, 0) is 19.9 Å². The van der Waals surface area contributed by atoms with E-state index in [0.29, 0.717) is 21.3 Å². The largest absolute Gasteiger partial charge is 0.382 e. The van der Waals surface area contributed by atoms with Crippen molar-refractivity contribution >= 4 is 40.8 Å². The van der Waals surface area contributed by atoms with Gasteiger partial charge in [-0.3, -0.25) is 0 Å². The number of nitrogen functional groups attached to an aromatic ring is 2. The molecule has 0 spiro atoms. The van der Waals surface area contributed by atoms with Gasteiger partial charge in [0.2, 0.25) is 5.95 Å². The molecule has 106 valence electrons. The second-order valence-corrected chi connectivity index (χ2v) is 4.70. The number of benzene rings is 1. The van der Waals surface area contributed by atoms with Crippen molar-refractivity contribution in [1.82, 2.24) is 15.2 Å². The zero-order valence-corrected chi connectivity index (χ0v) is 12.4. The van der Waals surface area contributed by atoms with Crippen LogP contribution in [0.4, 0.5) is 11.8 Å². The molecule has 1 aromatic carbocycles. The van der Waals surface area contributed by atoms with E-state index >= 15 is 0 Å². The first-order chi connectivity index (χ1) is 9.32. The van der Waals surface area contributed by atoms with Gasteiger partial charge in [-0.2, -0.15) is 4.98 Å². The first kappa shape index (κ1) is 16.1.